The van der Waals surface area contributed by atoms with Crippen LogP contribution in [0.3, 0.4) is 0 Å². The number of halogens is 1. The fourth-order valence-electron chi connectivity index (χ4n) is 3.46. The molecule has 3 heterocycles. The minimum atomic E-state index is 0. The first-order valence-corrected chi connectivity index (χ1v) is 10.3. The van der Waals surface area contributed by atoms with Crippen LogP contribution < -0.4 is 10.6 Å². The van der Waals surface area contributed by atoms with Gasteiger partial charge in [0.1, 0.15) is 5.82 Å². The van der Waals surface area contributed by atoms with E-state index in [0.29, 0.717) is 12.5 Å². The van der Waals surface area contributed by atoms with Gasteiger partial charge < -0.3 is 15.4 Å². The SMILES string of the molecule is CCNC(=NCC1CN(CC(C)C)CCO1)NCCc1nnc2ccccn12.I. The maximum Gasteiger partial charge on any atom is 0.191 e. The van der Waals surface area contributed by atoms with Crippen LogP contribution in [-0.2, 0) is 11.2 Å². The zero-order valence-electron chi connectivity index (χ0n) is 17.7. The smallest absolute Gasteiger partial charge is 0.191 e. The number of hydrogen-bond donors (Lipinski definition) is 2. The van der Waals surface area contributed by atoms with E-state index in [1.807, 2.05) is 28.8 Å². The van der Waals surface area contributed by atoms with Gasteiger partial charge in [0.25, 0.3) is 0 Å². The lowest BCUT2D eigenvalue weighted by atomic mass is 10.2. The van der Waals surface area contributed by atoms with Crippen LogP contribution in [0.4, 0.5) is 0 Å². The van der Waals surface area contributed by atoms with Crippen molar-refractivity contribution in [2.75, 3.05) is 45.9 Å². The quantitative estimate of drug-likeness (QED) is 0.317. The van der Waals surface area contributed by atoms with Gasteiger partial charge in [-0.3, -0.25) is 14.3 Å². The van der Waals surface area contributed by atoms with Crippen molar-refractivity contribution in [3.8, 4) is 0 Å². The average Bonchev–Trinajstić information content (AvgIpc) is 3.09. The van der Waals surface area contributed by atoms with Crippen molar-refractivity contribution in [3.63, 3.8) is 0 Å². The number of guanidine groups is 1. The van der Waals surface area contributed by atoms with E-state index in [9.17, 15) is 0 Å². The van der Waals surface area contributed by atoms with E-state index in [0.717, 1.165) is 63.2 Å². The molecule has 3 rings (SSSR count). The summed E-state index contributed by atoms with van der Waals surface area (Å²) in [6, 6.07) is 5.92. The Labute approximate surface area is 190 Å². The zero-order chi connectivity index (χ0) is 19.8. The zero-order valence-corrected chi connectivity index (χ0v) is 20.0. The first-order chi connectivity index (χ1) is 13.7. The summed E-state index contributed by atoms with van der Waals surface area (Å²) in [6.45, 7) is 12.7. The van der Waals surface area contributed by atoms with Gasteiger partial charge in [0.05, 0.1) is 19.3 Å². The van der Waals surface area contributed by atoms with Crippen molar-refractivity contribution in [3.05, 3.63) is 30.2 Å². The van der Waals surface area contributed by atoms with Crippen LogP contribution in [0, 0.1) is 5.92 Å². The molecule has 0 bridgehead atoms. The van der Waals surface area contributed by atoms with Gasteiger partial charge in [-0.1, -0.05) is 19.9 Å². The van der Waals surface area contributed by atoms with E-state index < -0.39 is 0 Å². The van der Waals surface area contributed by atoms with Gasteiger partial charge in [-0.2, -0.15) is 0 Å². The summed E-state index contributed by atoms with van der Waals surface area (Å²) in [5.74, 6) is 2.44. The van der Waals surface area contributed by atoms with Crippen molar-refractivity contribution in [1.82, 2.24) is 30.1 Å². The lowest BCUT2D eigenvalue weighted by molar-refractivity contribution is -0.0261. The number of ether oxygens (including phenoxy) is 1. The molecular formula is C20H34IN7O. The number of aliphatic imine (C=N–C) groups is 1. The van der Waals surface area contributed by atoms with Gasteiger partial charge in [-0.15, -0.1) is 34.2 Å². The second kappa shape index (κ2) is 12.3. The van der Waals surface area contributed by atoms with Crippen molar-refractivity contribution in [2.45, 2.75) is 33.3 Å². The molecule has 2 N–H and O–H groups in total. The fraction of sp³-hybridized carbons (Fsp3) is 0.650. The summed E-state index contributed by atoms with van der Waals surface area (Å²) in [6.07, 6.45) is 2.92. The van der Waals surface area contributed by atoms with E-state index in [2.05, 4.69) is 46.5 Å². The Morgan fingerprint density at radius 1 is 1.31 bits per heavy atom. The van der Waals surface area contributed by atoms with Crippen LogP contribution in [0.25, 0.3) is 5.65 Å². The predicted molar refractivity (Wildman–Crippen MR) is 127 cm³/mol. The molecule has 2 aromatic rings. The Bertz CT molecular complexity index is 764. The molecule has 9 heteroatoms. The van der Waals surface area contributed by atoms with E-state index in [1.165, 1.54) is 0 Å². The molecule has 1 aliphatic heterocycles. The standard InChI is InChI=1S/C20H33N7O.HI/c1-4-21-20(23-13-17-15-26(11-12-28-17)14-16(2)3)22-9-8-19-25-24-18-7-5-6-10-27(18)19;/h5-7,10,16-17H,4,8-9,11-15H2,1-3H3,(H2,21,22,23);1H. The molecule has 1 unspecified atom stereocenters. The molecule has 29 heavy (non-hydrogen) atoms. The number of nitrogens with zero attached hydrogens (tertiary/aromatic N) is 5. The topological polar surface area (TPSA) is 79.1 Å². The number of aromatic nitrogens is 3. The minimum Gasteiger partial charge on any atom is -0.374 e. The molecule has 0 aromatic carbocycles. The van der Waals surface area contributed by atoms with Crippen LogP contribution in [0.5, 0.6) is 0 Å². The van der Waals surface area contributed by atoms with E-state index in [4.69, 9.17) is 9.73 Å². The number of morpholine rings is 1. The van der Waals surface area contributed by atoms with Gasteiger partial charge >= 0.3 is 0 Å². The van der Waals surface area contributed by atoms with E-state index in [1.54, 1.807) is 0 Å². The normalized spacial score (nSPS) is 18.1. The van der Waals surface area contributed by atoms with Crippen molar-refractivity contribution < 1.29 is 4.74 Å². The molecule has 2 aromatic heterocycles. The van der Waals surface area contributed by atoms with Gasteiger partial charge in [-0.25, -0.2) is 0 Å². The van der Waals surface area contributed by atoms with Crippen LogP contribution >= 0.6 is 24.0 Å². The first-order valence-electron chi connectivity index (χ1n) is 10.3. The third kappa shape index (κ3) is 7.38. The average molecular weight is 515 g/mol. The molecule has 0 radical (unpaired) electrons. The molecule has 0 spiro atoms. The number of rotatable bonds is 8. The number of fused-ring (bicyclic) bond motifs is 1. The second-order valence-electron chi connectivity index (χ2n) is 7.59. The number of nitrogens with one attached hydrogen (secondary N) is 2. The largest absolute Gasteiger partial charge is 0.374 e. The molecule has 1 fully saturated rings. The highest BCUT2D eigenvalue weighted by atomic mass is 127. The monoisotopic (exact) mass is 515 g/mol. The van der Waals surface area contributed by atoms with Gasteiger partial charge in [-0.05, 0) is 25.0 Å². The molecule has 1 atom stereocenters. The Kier molecular flexibility index (Phi) is 10.1. The first kappa shape index (κ1) is 23.8. The highest BCUT2D eigenvalue weighted by Crippen LogP contribution is 2.08. The highest BCUT2D eigenvalue weighted by Gasteiger charge is 2.20. The summed E-state index contributed by atoms with van der Waals surface area (Å²) in [7, 11) is 0. The van der Waals surface area contributed by atoms with Crippen LogP contribution in [0.2, 0.25) is 0 Å². The fourth-order valence-corrected chi connectivity index (χ4v) is 3.46. The molecule has 162 valence electrons. The Morgan fingerprint density at radius 3 is 2.97 bits per heavy atom. The summed E-state index contributed by atoms with van der Waals surface area (Å²) in [5, 5.41) is 15.2. The summed E-state index contributed by atoms with van der Waals surface area (Å²) in [4.78, 5) is 7.21. The Hall–Kier alpha value is -1.46. The van der Waals surface area contributed by atoms with Crippen molar-refractivity contribution in [2.24, 2.45) is 10.9 Å². The van der Waals surface area contributed by atoms with Crippen molar-refractivity contribution in [1.29, 1.82) is 0 Å². The summed E-state index contributed by atoms with van der Waals surface area (Å²) < 4.78 is 7.92. The maximum absolute atomic E-state index is 5.90. The predicted octanol–water partition coefficient (Wildman–Crippen LogP) is 1.80. The molecule has 1 saturated heterocycles. The van der Waals surface area contributed by atoms with Crippen LogP contribution in [0.1, 0.15) is 26.6 Å². The molecule has 0 aliphatic carbocycles. The molecule has 8 nitrogen and oxygen atoms in total. The lowest BCUT2D eigenvalue weighted by Crippen LogP contribution is -2.46. The van der Waals surface area contributed by atoms with Gasteiger partial charge in [0.15, 0.2) is 11.6 Å². The van der Waals surface area contributed by atoms with E-state index in [-0.39, 0.29) is 30.1 Å². The third-order valence-electron chi connectivity index (χ3n) is 4.67. The van der Waals surface area contributed by atoms with Crippen LogP contribution in [-0.4, -0.2) is 77.4 Å². The van der Waals surface area contributed by atoms with E-state index >= 15 is 0 Å². The third-order valence-corrected chi connectivity index (χ3v) is 4.67. The molecule has 0 saturated carbocycles. The maximum atomic E-state index is 5.90. The molecular weight excluding hydrogens is 481 g/mol. The highest BCUT2D eigenvalue weighted by molar-refractivity contribution is 14.0. The minimum absolute atomic E-state index is 0. The lowest BCUT2D eigenvalue weighted by Gasteiger charge is -2.33. The van der Waals surface area contributed by atoms with Gasteiger partial charge in [0, 0.05) is 45.3 Å². The van der Waals surface area contributed by atoms with Gasteiger partial charge in [0.2, 0.25) is 0 Å². The summed E-state index contributed by atoms with van der Waals surface area (Å²) in [5.41, 5.74) is 0.874. The number of pyridine rings is 1. The number of hydrogen-bond acceptors (Lipinski definition) is 5. The summed E-state index contributed by atoms with van der Waals surface area (Å²) >= 11 is 0. The van der Waals surface area contributed by atoms with Crippen LogP contribution in [0.15, 0.2) is 29.4 Å². The Morgan fingerprint density at radius 2 is 2.17 bits per heavy atom. The second-order valence-corrected chi connectivity index (χ2v) is 7.59. The Balaban J connectivity index is 0.00000300. The van der Waals surface area contributed by atoms with Crippen molar-refractivity contribution >= 4 is 35.6 Å². The molecule has 0 amide bonds. The molecule has 1 aliphatic rings.